The Labute approximate surface area is 94.4 Å². The quantitative estimate of drug-likeness (QED) is 0.762. The van der Waals surface area contributed by atoms with Gasteiger partial charge in [0.05, 0.1) is 18.1 Å². The minimum absolute atomic E-state index is 0.00175. The third-order valence-corrected chi connectivity index (χ3v) is 3.01. The molecule has 0 aromatic rings. The zero-order valence-electron chi connectivity index (χ0n) is 9.60. The van der Waals surface area contributed by atoms with Crippen molar-refractivity contribution < 1.29 is 24.5 Å². The van der Waals surface area contributed by atoms with Crippen LogP contribution in [0, 0.1) is 11.8 Å². The molecular weight excluding hydrogens is 212 g/mol. The van der Waals surface area contributed by atoms with E-state index in [1.807, 2.05) is 13.8 Å². The number of hydrogen-bond acceptors (Lipinski definition) is 3. The summed E-state index contributed by atoms with van der Waals surface area (Å²) in [7, 11) is 0. The van der Waals surface area contributed by atoms with Gasteiger partial charge in [-0.1, -0.05) is 0 Å². The van der Waals surface area contributed by atoms with E-state index in [2.05, 4.69) is 0 Å². The van der Waals surface area contributed by atoms with Crippen molar-refractivity contribution >= 4 is 11.9 Å². The molecule has 0 saturated carbocycles. The maximum atomic E-state index is 11.1. The van der Waals surface area contributed by atoms with Crippen molar-refractivity contribution in [3.05, 3.63) is 0 Å². The molecule has 0 bridgehead atoms. The molecule has 1 aliphatic rings. The smallest absolute Gasteiger partial charge is 0.306 e. The molecule has 16 heavy (non-hydrogen) atoms. The Kier molecular flexibility index (Phi) is 3.91. The Bertz CT molecular complexity index is 284. The van der Waals surface area contributed by atoms with E-state index >= 15 is 0 Å². The molecule has 92 valence electrons. The molecule has 1 heterocycles. The van der Waals surface area contributed by atoms with Crippen LogP contribution < -0.4 is 0 Å². The fourth-order valence-electron chi connectivity index (χ4n) is 2.09. The van der Waals surface area contributed by atoms with Crippen LogP contribution in [-0.2, 0) is 14.3 Å². The Morgan fingerprint density at radius 3 is 2.50 bits per heavy atom. The van der Waals surface area contributed by atoms with Gasteiger partial charge in [-0.15, -0.1) is 0 Å². The first-order valence-electron chi connectivity index (χ1n) is 5.40. The van der Waals surface area contributed by atoms with Crippen LogP contribution in [0.4, 0.5) is 0 Å². The van der Waals surface area contributed by atoms with Crippen LogP contribution in [0.5, 0.6) is 0 Å². The highest BCUT2D eigenvalue weighted by Crippen LogP contribution is 2.34. The number of hydrogen-bond donors (Lipinski definition) is 2. The molecule has 5 heteroatoms. The maximum Gasteiger partial charge on any atom is 0.306 e. The summed E-state index contributed by atoms with van der Waals surface area (Å²) < 4.78 is 5.53. The molecule has 2 atom stereocenters. The van der Waals surface area contributed by atoms with Crippen molar-refractivity contribution in [2.75, 3.05) is 6.61 Å². The van der Waals surface area contributed by atoms with Gasteiger partial charge in [0.2, 0.25) is 0 Å². The molecule has 1 rings (SSSR count). The molecule has 5 nitrogen and oxygen atoms in total. The van der Waals surface area contributed by atoms with E-state index in [-0.39, 0.29) is 12.3 Å². The normalized spacial score (nSPS) is 28.6. The van der Waals surface area contributed by atoms with Gasteiger partial charge in [0, 0.05) is 6.42 Å². The maximum absolute atomic E-state index is 11.1. The van der Waals surface area contributed by atoms with Gasteiger partial charge >= 0.3 is 11.9 Å². The molecule has 0 amide bonds. The lowest BCUT2D eigenvalue weighted by Gasteiger charge is -2.38. The molecular formula is C11H18O5. The van der Waals surface area contributed by atoms with Crippen molar-refractivity contribution in [2.24, 2.45) is 11.8 Å². The van der Waals surface area contributed by atoms with Crippen LogP contribution in [0.25, 0.3) is 0 Å². The van der Waals surface area contributed by atoms with E-state index in [0.717, 1.165) is 0 Å². The van der Waals surface area contributed by atoms with Crippen LogP contribution in [-0.4, -0.2) is 34.4 Å². The fourth-order valence-corrected chi connectivity index (χ4v) is 2.09. The first-order chi connectivity index (χ1) is 7.32. The fraction of sp³-hybridized carbons (Fsp3) is 0.818. The van der Waals surface area contributed by atoms with Gasteiger partial charge in [-0.3, -0.25) is 9.59 Å². The summed E-state index contributed by atoms with van der Waals surface area (Å²) in [5, 5.41) is 17.7. The van der Waals surface area contributed by atoms with Crippen LogP contribution in [0.2, 0.25) is 0 Å². The first kappa shape index (κ1) is 13.0. The van der Waals surface area contributed by atoms with Crippen molar-refractivity contribution in [2.45, 2.75) is 38.7 Å². The number of carbonyl (C=O) groups is 2. The van der Waals surface area contributed by atoms with Gasteiger partial charge in [-0.2, -0.15) is 0 Å². The lowest BCUT2D eigenvalue weighted by molar-refractivity contribution is -0.161. The van der Waals surface area contributed by atoms with Crippen molar-refractivity contribution in [1.82, 2.24) is 0 Å². The second kappa shape index (κ2) is 4.82. The third-order valence-electron chi connectivity index (χ3n) is 3.01. The molecule has 1 saturated heterocycles. The van der Waals surface area contributed by atoms with Crippen molar-refractivity contribution in [1.29, 1.82) is 0 Å². The highest BCUT2D eigenvalue weighted by molar-refractivity contribution is 5.71. The average Bonchev–Trinajstić information content (AvgIpc) is 2.14. The predicted molar refractivity (Wildman–Crippen MR) is 56.1 cm³/mol. The van der Waals surface area contributed by atoms with Crippen LogP contribution in [0.15, 0.2) is 0 Å². The van der Waals surface area contributed by atoms with Crippen molar-refractivity contribution in [3.63, 3.8) is 0 Å². The number of aliphatic carboxylic acids is 2. The molecule has 0 aromatic carbocycles. The Morgan fingerprint density at radius 1 is 1.38 bits per heavy atom. The highest BCUT2D eigenvalue weighted by Gasteiger charge is 2.39. The summed E-state index contributed by atoms with van der Waals surface area (Å²) in [6, 6.07) is 0. The minimum atomic E-state index is -0.894. The van der Waals surface area contributed by atoms with Crippen LogP contribution in [0.3, 0.4) is 0 Å². The van der Waals surface area contributed by atoms with Gasteiger partial charge in [0.15, 0.2) is 0 Å². The van der Waals surface area contributed by atoms with E-state index in [0.29, 0.717) is 19.4 Å². The van der Waals surface area contributed by atoms with Crippen LogP contribution >= 0.6 is 0 Å². The lowest BCUT2D eigenvalue weighted by Crippen LogP contribution is -2.43. The molecule has 0 unspecified atom stereocenters. The van der Waals surface area contributed by atoms with Gasteiger partial charge in [-0.05, 0) is 32.6 Å². The van der Waals surface area contributed by atoms with Gasteiger partial charge in [0.25, 0.3) is 0 Å². The first-order valence-corrected chi connectivity index (χ1v) is 5.40. The highest BCUT2D eigenvalue weighted by atomic mass is 16.5. The SMILES string of the molecule is CC1(C)C[C@H](C(=O)O)[C@@H](CCC(=O)O)CO1. The Hall–Kier alpha value is -1.10. The molecule has 1 fully saturated rings. The van der Waals surface area contributed by atoms with Crippen molar-refractivity contribution in [3.8, 4) is 0 Å². The summed E-state index contributed by atoms with van der Waals surface area (Å²) in [5.41, 5.74) is -0.428. The monoisotopic (exact) mass is 230 g/mol. The minimum Gasteiger partial charge on any atom is -0.481 e. The standard InChI is InChI=1S/C11H18O5/c1-11(2)5-8(10(14)15)7(6-16-11)3-4-9(12)13/h7-8H,3-6H2,1-2H3,(H,12,13)(H,14,15)/t7-,8-/m0/s1. The average molecular weight is 230 g/mol. The summed E-state index contributed by atoms with van der Waals surface area (Å²) in [5.74, 6) is -2.44. The zero-order valence-corrected chi connectivity index (χ0v) is 9.60. The second-order valence-electron chi connectivity index (χ2n) is 4.91. The lowest BCUT2D eigenvalue weighted by atomic mass is 9.79. The predicted octanol–water partition coefficient (Wildman–Crippen LogP) is 1.37. The van der Waals surface area contributed by atoms with E-state index in [1.165, 1.54) is 0 Å². The van der Waals surface area contributed by atoms with E-state index in [9.17, 15) is 9.59 Å². The van der Waals surface area contributed by atoms with Gasteiger partial charge in [0.1, 0.15) is 0 Å². The summed E-state index contributed by atoms with van der Waals surface area (Å²) in [6.07, 6.45) is 0.799. The summed E-state index contributed by atoms with van der Waals surface area (Å²) in [6.45, 7) is 4.05. The third kappa shape index (κ3) is 3.48. The van der Waals surface area contributed by atoms with E-state index in [1.54, 1.807) is 0 Å². The zero-order chi connectivity index (χ0) is 12.3. The number of rotatable bonds is 4. The van der Waals surface area contributed by atoms with Gasteiger partial charge < -0.3 is 14.9 Å². The molecule has 0 spiro atoms. The van der Waals surface area contributed by atoms with Gasteiger partial charge in [-0.25, -0.2) is 0 Å². The number of carboxylic acids is 2. The molecule has 1 aliphatic heterocycles. The van der Waals surface area contributed by atoms with E-state index < -0.39 is 23.5 Å². The van der Waals surface area contributed by atoms with Crippen LogP contribution in [0.1, 0.15) is 33.1 Å². The molecule has 2 N–H and O–H groups in total. The van der Waals surface area contributed by atoms with E-state index in [4.69, 9.17) is 14.9 Å². The Balaban J connectivity index is 2.62. The second-order valence-corrected chi connectivity index (χ2v) is 4.91. The Morgan fingerprint density at radius 2 is 2.00 bits per heavy atom. The molecule has 0 aliphatic carbocycles. The topological polar surface area (TPSA) is 83.8 Å². The molecule has 0 aromatic heterocycles. The summed E-state index contributed by atoms with van der Waals surface area (Å²) in [4.78, 5) is 21.6. The molecule has 0 radical (unpaired) electrons. The number of ether oxygens (including phenoxy) is 1. The largest absolute Gasteiger partial charge is 0.481 e. The summed E-state index contributed by atoms with van der Waals surface area (Å²) >= 11 is 0. The number of carboxylic acid groups (broad SMARTS) is 2.